The first kappa shape index (κ1) is 21.6. The molecule has 1 fully saturated rings. The summed E-state index contributed by atoms with van der Waals surface area (Å²) in [5.41, 5.74) is -0.502. The highest BCUT2D eigenvalue weighted by atomic mass is 19.1. The molecule has 156 valence electrons. The quantitative estimate of drug-likeness (QED) is 0.420. The smallest absolute Gasteiger partial charge is 0.346 e. The van der Waals surface area contributed by atoms with Crippen molar-refractivity contribution < 1.29 is 22.7 Å². The molecule has 1 saturated carbocycles. The van der Waals surface area contributed by atoms with Gasteiger partial charge in [0.1, 0.15) is 34.8 Å². The van der Waals surface area contributed by atoms with Gasteiger partial charge in [0.25, 0.3) is 0 Å². The summed E-state index contributed by atoms with van der Waals surface area (Å²) in [7, 11) is 0. The monoisotopic (exact) mass is 413 g/mol. The third-order valence-electron chi connectivity index (χ3n) is 5.58. The molecule has 3 nitrogen and oxygen atoms in total. The van der Waals surface area contributed by atoms with E-state index in [0.717, 1.165) is 18.8 Å². The number of halogens is 3. The molecule has 30 heavy (non-hydrogen) atoms. The second kappa shape index (κ2) is 9.62. The fourth-order valence-electron chi connectivity index (χ4n) is 3.71. The minimum Gasteiger partial charge on any atom is -0.423 e. The van der Waals surface area contributed by atoms with Crippen molar-refractivity contribution in [1.82, 2.24) is 0 Å². The summed E-state index contributed by atoms with van der Waals surface area (Å²) in [6.45, 7) is 2.21. The van der Waals surface area contributed by atoms with E-state index in [1.165, 1.54) is 37.5 Å². The van der Waals surface area contributed by atoms with Crippen LogP contribution >= 0.6 is 0 Å². The van der Waals surface area contributed by atoms with Gasteiger partial charge >= 0.3 is 5.97 Å². The van der Waals surface area contributed by atoms with Gasteiger partial charge in [0.2, 0.25) is 0 Å². The van der Waals surface area contributed by atoms with Crippen LogP contribution in [0.15, 0.2) is 36.4 Å². The summed E-state index contributed by atoms with van der Waals surface area (Å²) >= 11 is 0. The van der Waals surface area contributed by atoms with Crippen LogP contribution < -0.4 is 4.74 Å². The molecule has 0 radical (unpaired) electrons. The Morgan fingerprint density at radius 3 is 2.33 bits per heavy atom. The predicted octanol–water partition coefficient (Wildman–Crippen LogP) is 6.42. The number of esters is 1. The molecule has 1 aliphatic rings. The fourth-order valence-corrected chi connectivity index (χ4v) is 3.71. The van der Waals surface area contributed by atoms with E-state index in [4.69, 9.17) is 10.00 Å². The van der Waals surface area contributed by atoms with E-state index in [2.05, 4.69) is 13.0 Å². The number of carbonyl (C=O) groups excluding carboxylic acids is 1. The number of nitriles is 1. The molecule has 0 atom stereocenters. The van der Waals surface area contributed by atoms with Crippen LogP contribution in [0.25, 0.3) is 6.08 Å². The van der Waals surface area contributed by atoms with Crippen molar-refractivity contribution in [3.05, 3.63) is 70.5 Å². The maximum Gasteiger partial charge on any atom is 0.346 e. The molecule has 0 N–H and O–H groups in total. The van der Waals surface area contributed by atoms with Crippen LogP contribution in [0.5, 0.6) is 5.75 Å². The lowest BCUT2D eigenvalue weighted by Crippen LogP contribution is -2.12. The lowest BCUT2D eigenvalue weighted by atomic mass is 9.80. The zero-order valence-electron chi connectivity index (χ0n) is 16.6. The Bertz CT molecular complexity index is 979. The van der Waals surface area contributed by atoms with Gasteiger partial charge in [0.05, 0.1) is 5.56 Å². The number of hydrogen-bond acceptors (Lipinski definition) is 3. The Hall–Kier alpha value is -3.07. The summed E-state index contributed by atoms with van der Waals surface area (Å²) in [6.07, 6.45) is 9.81. The van der Waals surface area contributed by atoms with Crippen LogP contribution in [0.1, 0.15) is 60.5 Å². The third kappa shape index (κ3) is 5.10. The summed E-state index contributed by atoms with van der Waals surface area (Å²) in [4.78, 5) is 12.2. The summed E-state index contributed by atoms with van der Waals surface area (Å²) < 4.78 is 46.6. The number of allylic oxidation sites excluding steroid dienone is 1. The number of ether oxygens (including phenoxy) is 1. The molecule has 2 aromatic carbocycles. The minimum absolute atomic E-state index is 0.346. The lowest BCUT2D eigenvalue weighted by molar-refractivity contribution is 0.0729. The molecule has 0 heterocycles. The Kier molecular flexibility index (Phi) is 6.94. The van der Waals surface area contributed by atoms with Crippen molar-refractivity contribution in [3.63, 3.8) is 0 Å². The van der Waals surface area contributed by atoms with Crippen LogP contribution in [0.2, 0.25) is 0 Å². The van der Waals surface area contributed by atoms with Gasteiger partial charge < -0.3 is 4.74 Å². The second-order valence-electron chi connectivity index (χ2n) is 7.55. The first-order valence-electron chi connectivity index (χ1n) is 10.00. The maximum absolute atomic E-state index is 14.4. The fraction of sp³-hybridized carbons (Fsp3) is 0.333. The van der Waals surface area contributed by atoms with Crippen LogP contribution in [-0.2, 0) is 0 Å². The maximum atomic E-state index is 14.4. The zero-order valence-corrected chi connectivity index (χ0v) is 16.6. The molecule has 0 spiro atoms. The van der Waals surface area contributed by atoms with Gasteiger partial charge in [-0.25, -0.2) is 18.0 Å². The number of benzene rings is 2. The summed E-state index contributed by atoms with van der Waals surface area (Å²) in [6, 6.07) is 6.89. The van der Waals surface area contributed by atoms with E-state index in [1.54, 1.807) is 6.07 Å². The third-order valence-corrected chi connectivity index (χ3v) is 5.58. The van der Waals surface area contributed by atoms with Crippen LogP contribution in [0.3, 0.4) is 0 Å². The lowest BCUT2D eigenvalue weighted by Gasteiger charge is -2.25. The van der Waals surface area contributed by atoms with E-state index in [1.807, 2.05) is 6.08 Å². The minimum atomic E-state index is -1.16. The van der Waals surface area contributed by atoms with Gasteiger partial charge in [-0.2, -0.15) is 5.26 Å². The number of rotatable bonds is 5. The van der Waals surface area contributed by atoms with E-state index in [0.29, 0.717) is 23.6 Å². The number of carbonyl (C=O) groups is 1. The highest BCUT2D eigenvalue weighted by molar-refractivity contribution is 5.91. The molecule has 3 rings (SSSR count). The highest BCUT2D eigenvalue weighted by Crippen LogP contribution is 2.31. The Morgan fingerprint density at radius 2 is 1.77 bits per heavy atom. The molecule has 0 aromatic heterocycles. The van der Waals surface area contributed by atoms with Gasteiger partial charge in [-0.15, -0.1) is 0 Å². The van der Waals surface area contributed by atoms with Gasteiger partial charge in [0, 0.05) is 12.1 Å². The predicted molar refractivity (Wildman–Crippen MR) is 107 cm³/mol. The van der Waals surface area contributed by atoms with Crippen molar-refractivity contribution >= 4 is 12.0 Å². The molecular weight excluding hydrogens is 391 g/mol. The molecule has 6 heteroatoms. The standard InChI is InChI=1S/C24H22F3NO2/c1-2-15-3-5-16(6-4-15)7-8-17-9-10-19(21(25)11-17)24(29)30-18-12-22(26)20(14-28)23(27)13-18/h7-13,15-16H,2-6H2,1H3. The molecule has 0 unspecified atom stereocenters. The summed E-state index contributed by atoms with van der Waals surface area (Å²) in [5, 5.41) is 8.67. The first-order valence-corrected chi connectivity index (χ1v) is 10.00. The average Bonchev–Trinajstić information content (AvgIpc) is 2.72. The van der Waals surface area contributed by atoms with E-state index in [-0.39, 0.29) is 5.56 Å². The zero-order chi connectivity index (χ0) is 21.7. The van der Waals surface area contributed by atoms with Crippen LogP contribution in [0, 0.1) is 40.6 Å². The van der Waals surface area contributed by atoms with Gasteiger partial charge in [-0.3, -0.25) is 0 Å². The van der Waals surface area contributed by atoms with Crippen molar-refractivity contribution in [2.75, 3.05) is 0 Å². The largest absolute Gasteiger partial charge is 0.423 e. The number of nitrogens with zero attached hydrogens (tertiary/aromatic N) is 1. The Balaban J connectivity index is 1.67. The second-order valence-corrected chi connectivity index (χ2v) is 7.55. The van der Waals surface area contributed by atoms with E-state index in [9.17, 15) is 18.0 Å². The van der Waals surface area contributed by atoms with Crippen molar-refractivity contribution in [2.45, 2.75) is 39.0 Å². The van der Waals surface area contributed by atoms with Crippen molar-refractivity contribution in [3.8, 4) is 11.8 Å². The number of hydrogen-bond donors (Lipinski definition) is 0. The molecule has 0 aliphatic heterocycles. The SMILES string of the molecule is CCC1CCC(C=Cc2ccc(C(=O)Oc3cc(F)c(C#N)c(F)c3)c(F)c2)CC1. The van der Waals surface area contributed by atoms with E-state index >= 15 is 0 Å². The molecule has 0 amide bonds. The van der Waals surface area contributed by atoms with Crippen LogP contribution in [-0.4, -0.2) is 5.97 Å². The molecular formula is C24H22F3NO2. The topological polar surface area (TPSA) is 50.1 Å². The van der Waals surface area contributed by atoms with Gasteiger partial charge in [0.15, 0.2) is 0 Å². The normalized spacial score (nSPS) is 18.9. The summed E-state index contributed by atoms with van der Waals surface area (Å²) in [5.74, 6) is -3.35. The molecule has 2 aromatic rings. The Labute approximate surface area is 173 Å². The first-order chi connectivity index (χ1) is 14.4. The molecule has 0 bridgehead atoms. The Morgan fingerprint density at radius 1 is 1.10 bits per heavy atom. The van der Waals surface area contributed by atoms with E-state index < -0.39 is 34.7 Å². The highest BCUT2D eigenvalue weighted by Gasteiger charge is 2.19. The van der Waals surface area contributed by atoms with Gasteiger partial charge in [-0.05, 0) is 55.2 Å². The molecule has 0 saturated heterocycles. The van der Waals surface area contributed by atoms with Gasteiger partial charge in [-0.1, -0.05) is 31.6 Å². The van der Waals surface area contributed by atoms with Crippen LogP contribution in [0.4, 0.5) is 13.2 Å². The molecule has 1 aliphatic carbocycles. The average molecular weight is 413 g/mol. The van der Waals surface area contributed by atoms with Crippen molar-refractivity contribution in [2.24, 2.45) is 11.8 Å². The van der Waals surface area contributed by atoms with Crippen molar-refractivity contribution in [1.29, 1.82) is 5.26 Å².